The van der Waals surface area contributed by atoms with Gasteiger partial charge in [-0.05, 0) is 17.7 Å². The van der Waals surface area contributed by atoms with Gasteiger partial charge >= 0.3 is 5.76 Å². The molecule has 0 spiro atoms. The Kier molecular flexibility index (Phi) is 5.84. The summed E-state index contributed by atoms with van der Waals surface area (Å²) in [6.45, 7) is 2.20. The van der Waals surface area contributed by atoms with Crippen molar-refractivity contribution in [3.8, 4) is 11.4 Å². The number of halogens is 1. The molecule has 2 unspecified atom stereocenters. The molecule has 2 aromatic carbocycles. The molecule has 152 valence electrons. The van der Waals surface area contributed by atoms with E-state index in [2.05, 4.69) is 10.1 Å². The smallest absolute Gasteiger partial charge is 0.390 e. The van der Waals surface area contributed by atoms with E-state index in [4.69, 9.17) is 9.26 Å². The van der Waals surface area contributed by atoms with Crippen LogP contribution in [0.4, 0.5) is 4.39 Å². The fraction of sp³-hybridized carbons (Fsp3) is 0.333. The van der Waals surface area contributed by atoms with Gasteiger partial charge in [0.2, 0.25) is 0 Å². The Morgan fingerprint density at radius 3 is 2.66 bits per heavy atom. The third-order valence-corrected chi connectivity index (χ3v) is 4.97. The zero-order valence-corrected chi connectivity index (χ0v) is 15.8. The van der Waals surface area contributed by atoms with Gasteiger partial charge in [-0.3, -0.25) is 14.0 Å². The standard InChI is InChI=1S/C21H22FN3O4/c22-17-8-6-15(7-9-17)19-14-24(10-11-28-19)12-18(26)13-25-20(23-29-21(25)27)16-4-2-1-3-5-16/h1-9,18-19,26H,10-14H2. The molecular formula is C21H22FN3O4. The molecule has 29 heavy (non-hydrogen) atoms. The lowest BCUT2D eigenvalue weighted by molar-refractivity contribution is -0.0435. The number of hydrogen-bond acceptors (Lipinski definition) is 6. The van der Waals surface area contributed by atoms with Crippen LogP contribution in [-0.2, 0) is 11.3 Å². The Balaban J connectivity index is 1.41. The summed E-state index contributed by atoms with van der Waals surface area (Å²) in [5, 5.41) is 14.4. The fourth-order valence-corrected chi connectivity index (χ4v) is 3.54. The summed E-state index contributed by atoms with van der Waals surface area (Å²) < 4.78 is 25.1. The molecule has 0 saturated carbocycles. The minimum atomic E-state index is -0.790. The highest BCUT2D eigenvalue weighted by atomic mass is 19.1. The van der Waals surface area contributed by atoms with Gasteiger partial charge in [0.05, 0.1) is 25.4 Å². The Labute approximate surface area is 166 Å². The molecule has 8 heteroatoms. The van der Waals surface area contributed by atoms with Crippen molar-refractivity contribution in [2.45, 2.75) is 18.8 Å². The first-order valence-electron chi connectivity index (χ1n) is 9.49. The van der Waals surface area contributed by atoms with Crippen LogP contribution in [0.25, 0.3) is 11.4 Å². The minimum absolute atomic E-state index is 0.0745. The number of ether oxygens (including phenoxy) is 1. The first kappa shape index (κ1) is 19.5. The van der Waals surface area contributed by atoms with Crippen molar-refractivity contribution in [3.05, 3.63) is 76.5 Å². The van der Waals surface area contributed by atoms with Gasteiger partial charge in [0.15, 0.2) is 5.82 Å². The molecule has 0 radical (unpaired) electrons. The molecule has 1 N–H and O–H groups in total. The zero-order valence-electron chi connectivity index (χ0n) is 15.8. The molecule has 1 aliphatic rings. The quantitative estimate of drug-likeness (QED) is 0.684. The van der Waals surface area contributed by atoms with E-state index < -0.39 is 11.9 Å². The van der Waals surface area contributed by atoms with E-state index in [0.717, 1.165) is 11.1 Å². The Morgan fingerprint density at radius 2 is 1.90 bits per heavy atom. The lowest BCUT2D eigenvalue weighted by Crippen LogP contribution is -2.43. The molecule has 0 bridgehead atoms. The Bertz CT molecular complexity index is 987. The summed E-state index contributed by atoms with van der Waals surface area (Å²) in [6, 6.07) is 15.5. The number of rotatable bonds is 6. The van der Waals surface area contributed by atoms with Gasteiger partial charge in [0.1, 0.15) is 5.82 Å². The molecule has 7 nitrogen and oxygen atoms in total. The van der Waals surface area contributed by atoms with Crippen LogP contribution in [0.15, 0.2) is 63.9 Å². The van der Waals surface area contributed by atoms with E-state index >= 15 is 0 Å². The molecule has 2 heterocycles. The topological polar surface area (TPSA) is 80.7 Å². The number of hydrogen-bond donors (Lipinski definition) is 1. The maximum Gasteiger partial charge on any atom is 0.441 e. The van der Waals surface area contributed by atoms with Crippen molar-refractivity contribution in [1.82, 2.24) is 14.6 Å². The summed E-state index contributed by atoms with van der Waals surface area (Å²) in [5.41, 5.74) is 1.64. The van der Waals surface area contributed by atoms with Gasteiger partial charge < -0.3 is 9.84 Å². The predicted molar refractivity (Wildman–Crippen MR) is 104 cm³/mol. The number of aliphatic hydroxyl groups is 1. The van der Waals surface area contributed by atoms with Crippen LogP contribution in [0.1, 0.15) is 11.7 Å². The normalized spacial score (nSPS) is 18.6. The monoisotopic (exact) mass is 399 g/mol. The lowest BCUT2D eigenvalue weighted by atomic mass is 10.1. The summed E-state index contributed by atoms with van der Waals surface area (Å²) in [4.78, 5) is 14.1. The highest BCUT2D eigenvalue weighted by Crippen LogP contribution is 2.23. The molecular weight excluding hydrogens is 377 g/mol. The highest BCUT2D eigenvalue weighted by Gasteiger charge is 2.25. The average Bonchev–Trinajstić information content (AvgIpc) is 3.09. The first-order chi connectivity index (χ1) is 14.1. The summed E-state index contributed by atoms with van der Waals surface area (Å²) in [7, 11) is 0. The van der Waals surface area contributed by atoms with Crippen molar-refractivity contribution >= 4 is 0 Å². The van der Waals surface area contributed by atoms with E-state index in [1.165, 1.54) is 16.7 Å². The van der Waals surface area contributed by atoms with Crippen LogP contribution in [0.2, 0.25) is 0 Å². The minimum Gasteiger partial charge on any atom is -0.390 e. The number of nitrogens with zero attached hydrogens (tertiary/aromatic N) is 3. The van der Waals surface area contributed by atoms with Crippen LogP contribution in [0, 0.1) is 5.82 Å². The van der Waals surface area contributed by atoms with Crippen LogP contribution in [-0.4, -0.2) is 52.1 Å². The fourth-order valence-electron chi connectivity index (χ4n) is 3.54. The van der Waals surface area contributed by atoms with E-state index in [0.29, 0.717) is 32.1 Å². The number of morpholine rings is 1. The molecule has 1 aromatic heterocycles. The number of aromatic nitrogens is 2. The van der Waals surface area contributed by atoms with Gasteiger partial charge in [-0.1, -0.05) is 47.6 Å². The maximum absolute atomic E-state index is 13.1. The Hall–Kier alpha value is -2.81. The lowest BCUT2D eigenvalue weighted by Gasteiger charge is -2.34. The first-order valence-corrected chi connectivity index (χ1v) is 9.49. The molecule has 0 aliphatic carbocycles. The van der Waals surface area contributed by atoms with E-state index in [-0.39, 0.29) is 18.5 Å². The van der Waals surface area contributed by atoms with Crippen molar-refractivity contribution in [3.63, 3.8) is 0 Å². The van der Waals surface area contributed by atoms with Crippen LogP contribution < -0.4 is 5.76 Å². The zero-order chi connectivity index (χ0) is 20.2. The summed E-state index contributed by atoms with van der Waals surface area (Å²) in [5.74, 6) is -0.500. The second-order valence-corrected chi connectivity index (χ2v) is 7.07. The van der Waals surface area contributed by atoms with Gasteiger partial charge in [0, 0.05) is 25.2 Å². The molecule has 3 aromatic rings. The second kappa shape index (κ2) is 8.69. The molecule has 0 amide bonds. The van der Waals surface area contributed by atoms with Crippen LogP contribution in [0.3, 0.4) is 0 Å². The predicted octanol–water partition coefficient (Wildman–Crippen LogP) is 2.08. The number of aliphatic hydroxyl groups excluding tert-OH is 1. The third-order valence-electron chi connectivity index (χ3n) is 4.97. The molecule has 4 rings (SSSR count). The highest BCUT2D eigenvalue weighted by molar-refractivity contribution is 5.54. The SMILES string of the molecule is O=c1onc(-c2ccccc2)n1CC(O)CN1CCOC(c2ccc(F)cc2)C1. The van der Waals surface area contributed by atoms with Crippen molar-refractivity contribution in [1.29, 1.82) is 0 Å². The molecule has 1 aliphatic heterocycles. The van der Waals surface area contributed by atoms with Crippen LogP contribution >= 0.6 is 0 Å². The second-order valence-electron chi connectivity index (χ2n) is 7.07. The van der Waals surface area contributed by atoms with Gasteiger partial charge in [-0.25, -0.2) is 9.18 Å². The van der Waals surface area contributed by atoms with Gasteiger partial charge in [-0.15, -0.1) is 0 Å². The summed E-state index contributed by atoms with van der Waals surface area (Å²) in [6.07, 6.45) is -0.976. The van der Waals surface area contributed by atoms with E-state index in [9.17, 15) is 14.3 Å². The van der Waals surface area contributed by atoms with E-state index in [1.54, 1.807) is 12.1 Å². The van der Waals surface area contributed by atoms with E-state index in [1.807, 2.05) is 30.3 Å². The van der Waals surface area contributed by atoms with Crippen molar-refractivity contribution in [2.75, 3.05) is 26.2 Å². The summed E-state index contributed by atoms with van der Waals surface area (Å²) >= 11 is 0. The van der Waals surface area contributed by atoms with Crippen LogP contribution in [0.5, 0.6) is 0 Å². The number of β-amino-alcohol motifs (C(OH)–C–C–N with tert-alkyl or cyclic N) is 1. The maximum atomic E-state index is 13.1. The van der Waals surface area contributed by atoms with Crippen molar-refractivity contribution in [2.24, 2.45) is 0 Å². The Morgan fingerprint density at radius 1 is 1.14 bits per heavy atom. The van der Waals surface area contributed by atoms with Gasteiger partial charge in [0.25, 0.3) is 0 Å². The average molecular weight is 399 g/mol. The molecule has 1 saturated heterocycles. The molecule has 1 fully saturated rings. The van der Waals surface area contributed by atoms with Gasteiger partial charge in [-0.2, -0.15) is 0 Å². The molecule has 2 atom stereocenters. The number of benzene rings is 2. The third kappa shape index (κ3) is 4.61. The largest absolute Gasteiger partial charge is 0.441 e. The van der Waals surface area contributed by atoms with Crippen molar-refractivity contribution < 1.29 is 18.8 Å².